The summed E-state index contributed by atoms with van der Waals surface area (Å²) in [6.45, 7) is 7.40. The van der Waals surface area contributed by atoms with Gasteiger partial charge in [-0.15, -0.1) is 11.3 Å². The summed E-state index contributed by atoms with van der Waals surface area (Å²) in [4.78, 5) is 25.2. The molecule has 2 rings (SSSR count). The van der Waals surface area contributed by atoms with Crippen LogP contribution in [0.15, 0.2) is 10.5 Å². The molecule has 23 heavy (non-hydrogen) atoms. The second kappa shape index (κ2) is 6.84. The summed E-state index contributed by atoms with van der Waals surface area (Å²) in [5.41, 5.74) is 2.06. The summed E-state index contributed by atoms with van der Waals surface area (Å²) in [5, 5.41) is 7.67. The number of carbonyl (C=O) groups is 2. The average Bonchev–Trinajstić information content (AvgIpc) is 3.00. The number of thiophene rings is 1. The lowest BCUT2D eigenvalue weighted by Crippen LogP contribution is -2.25. The summed E-state index contributed by atoms with van der Waals surface area (Å²) >= 11 is 4.79. The van der Waals surface area contributed by atoms with Crippen LogP contribution in [0.2, 0.25) is 0 Å². The number of ether oxygens (including phenoxy) is 1. The average molecular weight is 400 g/mol. The lowest BCUT2D eigenvalue weighted by molar-refractivity contribution is -0.119. The zero-order valence-corrected chi connectivity index (χ0v) is 16.0. The van der Waals surface area contributed by atoms with Crippen LogP contribution in [-0.2, 0) is 9.53 Å². The van der Waals surface area contributed by atoms with Gasteiger partial charge in [0, 0.05) is 4.88 Å². The van der Waals surface area contributed by atoms with E-state index in [2.05, 4.69) is 26.3 Å². The normalized spacial score (nSPS) is 12.1. The van der Waals surface area contributed by atoms with Gasteiger partial charge in [0.05, 0.1) is 28.5 Å². The number of esters is 1. The van der Waals surface area contributed by atoms with E-state index in [9.17, 15) is 9.59 Å². The molecule has 2 aromatic heterocycles. The van der Waals surface area contributed by atoms with Crippen LogP contribution in [0.5, 0.6) is 0 Å². The lowest BCUT2D eigenvalue weighted by atomic mass is 10.2. The fourth-order valence-electron chi connectivity index (χ4n) is 2.22. The Labute approximate surface area is 147 Å². The maximum Gasteiger partial charge on any atom is 0.340 e. The molecule has 1 atom stereocenters. The predicted molar refractivity (Wildman–Crippen MR) is 93.1 cm³/mol. The molecular formula is C15H18BrN3O3S. The molecule has 0 saturated heterocycles. The highest BCUT2D eigenvalue weighted by atomic mass is 79.9. The second-order valence-corrected chi connectivity index (χ2v) is 7.24. The van der Waals surface area contributed by atoms with Crippen molar-refractivity contribution in [2.24, 2.45) is 0 Å². The van der Waals surface area contributed by atoms with Gasteiger partial charge in [0.25, 0.3) is 0 Å². The van der Waals surface area contributed by atoms with Crippen molar-refractivity contribution in [2.45, 2.75) is 33.7 Å². The van der Waals surface area contributed by atoms with Crippen LogP contribution >= 0.6 is 27.3 Å². The Balaban J connectivity index is 2.25. The van der Waals surface area contributed by atoms with E-state index in [1.165, 1.54) is 18.4 Å². The molecule has 0 fully saturated rings. The molecule has 124 valence electrons. The van der Waals surface area contributed by atoms with Crippen LogP contribution in [0, 0.1) is 20.8 Å². The first-order valence-electron chi connectivity index (χ1n) is 6.97. The minimum absolute atomic E-state index is 0.241. The molecule has 1 unspecified atom stereocenters. The van der Waals surface area contributed by atoms with E-state index in [1.807, 2.05) is 20.8 Å². The van der Waals surface area contributed by atoms with Crippen molar-refractivity contribution in [1.82, 2.24) is 9.78 Å². The van der Waals surface area contributed by atoms with Gasteiger partial charge >= 0.3 is 5.97 Å². The largest absolute Gasteiger partial charge is 0.465 e. The monoisotopic (exact) mass is 399 g/mol. The van der Waals surface area contributed by atoms with Gasteiger partial charge in [-0.25, -0.2) is 4.79 Å². The van der Waals surface area contributed by atoms with Crippen LogP contribution in [-0.4, -0.2) is 28.8 Å². The highest BCUT2D eigenvalue weighted by molar-refractivity contribution is 9.10. The van der Waals surface area contributed by atoms with Crippen molar-refractivity contribution in [1.29, 1.82) is 0 Å². The van der Waals surface area contributed by atoms with Crippen molar-refractivity contribution in [3.05, 3.63) is 32.4 Å². The van der Waals surface area contributed by atoms with Crippen molar-refractivity contribution >= 4 is 44.1 Å². The maximum atomic E-state index is 12.5. The van der Waals surface area contributed by atoms with Gasteiger partial charge in [-0.3, -0.25) is 9.48 Å². The number of aryl methyl sites for hydroxylation is 2. The first kappa shape index (κ1) is 17.7. The van der Waals surface area contributed by atoms with E-state index in [1.54, 1.807) is 17.7 Å². The van der Waals surface area contributed by atoms with E-state index in [-0.39, 0.29) is 5.91 Å². The zero-order chi connectivity index (χ0) is 17.3. The number of anilines is 1. The number of halogens is 1. The predicted octanol–water partition coefficient (Wildman–Crippen LogP) is 3.62. The number of hydrogen-bond acceptors (Lipinski definition) is 5. The first-order valence-corrected chi connectivity index (χ1v) is 8.58. The fraction of sp³-hybridized carbons (Fsp3) is 0.400. The molecule has 0 bridgehead atoms. The maximum absolute atomic E-state index is 12.5. The van der Waals surface area contributed by atoms with E-state index in [0.29, 0.717) is 10.6 Å². The minimum Gasteiger partial charge on any atom is -0.465 e. The Morgan fingerprint density at radius 2 is 2.04 bits per heavy atom. The molecule has 6 nitrogen and oxygen atoms in total. The highest BCUT2D eigenvalue weighted by Crippen LogP contribution is 2.29. The number of aromatic nitrogens is 2. The summed E-state index contributed by atoms with van der Waals surface area (Å²) < 4.78 is 7.30. The lowest BCUT2D eigenvalue weighted by Gasteiger charge is -2.14. The number of hydrogen-bond donors (Lipinski definition) is 1. The molecule has 0 aliphatic carbocycles. The summed E-state index contributed by atoms with van der Waals surface area (Å²) in [6, 6.07) is 1.20. The summed E-state index contributed by atoms with van der Waals surface area (Å²) in [5.74, 6) is -0.707. The van der Waals surface area contributed by atoms with Crippen molar-refractivity contribution in [2.75, 3.05) is 12.4 Å². The SMILES string of the molecule is COC(=O)c1cc(C)sc1NC(=O)C(C)n1nc(C)c(Br)c1C. The van der Waals surface area contributed by atoms with Gasteiger partial charge < -0.3 is 10.1 Å². The standard InChI is InChI=1S/C15H18BrN3O3S/c1-7-6-11(15(21)22-5)14(23-7)17-13(20)10(4)19-9(3)12(16)8(2)18-19/h6,10H,1-5H3,(H,17,20). The topological polar surface area (TPSA) is 73.2 Å². The minimum atomic E-state index is -0.507. The number of amides is 1. The zero-order valence-electron chi connectivity index (χ0n) is 13.6. The molecule has 0 spiro atoms. The Kier molecular flexibility index (Phi) is 5.26. The number of carbonyl (C=O) groups excluding carboxylic acids is 2. The molecule has 0 radical (unpaired) electrons. The van der Waals surface area contributed by atoms with Gasteiger partial charge in [-0.1, -0.05) is 0 Å². The Morgan fingerprint density at radius 1 is 1.39 bits per heavy atom. The Morgan fingerprint density at radius 3 is 2.57 bits per heavy atom. The third kappa shape index (κ3) is 3.48. The van der Waals surface area contributed by atoms with Crippen LogP contribution in [0.4, 0.5) is 5.00 Å². The summed E-state index contributed by atoms with van der Waals surface area (Å²) in [6.07, 6.45) is 0. The smallest absolute Gasteiger partial charge is 0.340 e. The molecule has 1 N–H and O–H groups in total. The van der Waals surface area contributed by atoms with E-state index in [4.69, 9.17) is 4.74 Å². The molecule has 2 aromatic rings. The van der Waals surface area contributed by atoms with Crippen molar-refractivity contribution in [3.63, 3.8) is 0 Å². The number of methoxy groups -OCH3 is 1. The van der Waals surface area contributed by atoms with Gasteiger partial charge in [-0.05, 0) is 49.7 Å². The van der Waals surface area contributed by atoms with Gasteiger partial charge in [0.15, 0.2) is 0 Å². The van der Waals surface area contributed by atoms with E-state index < -0.39 is 12.0 Å². The van der Waals surface area contributed by atoms with Crippen LogP contribution in [0.3, 0.4) is 0 Å². The van der Waals surface area contributed by atoms with Crippen LogP contribution < -0.4 is 5.32 Å². The van der Waals surface area contributed by atoms with Crippen LogP contribution in [0.1, 0.15) is 39.6 Å². The van der Waals surface area contributed by atoms with E-state index in [0.717, 1.165) is 20.7 Å². The first-order chi connectivity index (χ1) is 10.8. The molecule has 0 aliphatic heterocycles. The molecule has 0 saturated carbocycles. The molecular weight excluding hydrogens is 382 g/mol. The number of rotatable bonds is 4. The Bertz CT molecular complexity index is 766. The number of nitrogens with zero attached hydrogens (tertiary/aromatic N) is 2. The molecule has 1 amide bonds. The van der Waals surface area contributed by atoms with Gasteiger partial charge in [-0.2, -0.15) is 5.10 Å². The third-order valence-corrected chi connectivity index (χ3v) is 5.59. The van der Waals surface area contributed by atoms with Crippen LogP contribution in [0.25, 0.3) is 0 Å². The second-order valence-electron chi connectivity index (χ2n) is 5.19. The van der Waals surface area contributed by atoms with Crippen molar-refractivity contribution < 1.29 is 14.3 Å². The van der Waals surface area contributed by atoms with Crippen molar-refractivity contribution in [3.8, 4) is 0 Å². The third-order valence-electron chi connectivity index (χ3n) is 3.48. The summed E-state index contributed by atoms with van der Waals surface area (Å²) in [7, 11) is 1.32. The van der Waals surface area contributed by atoms with Gasteiger partial charge in [0.1, 0.15) is 11.0 Å². The molecule has 0 aromatic carbocycles. The molecule has 0 aliphatic rings. The highest BCUT2D eigenvalue weighted by Gasteiger charge is 2.23. The number of nitrogens with one attached hydrogen (secondary N) is 1. The Hall–Kier alpha value is -1.67. The van der Waals surface area contributed by atoms with E-state index >= 15 is 0 Å². The molecule has 8 heteroatoms. The fourth-order valence-corrected chi connectivity index (χ4v) is 3.38. The quantitative estimate of drug-likeness (QED) is 0.796. The van der Waals surface area contributed by atoms with Gasteiger partial charge in [0.2, 0.25) is 5.91 Å². The molecule has 2 heterocycles.